The van der Waals surface area contributed by atoms with Crippen molar-refractivity contribution >= 4 is 21.6 Å². The van der Waals surface area contributed by atoms with Gasteiger partial charge >= 0.3 is 0 Å². The van der Waals surface area contributed by atoms with Gasteiger partial charge in [-0.15, -0.1) is 0 Å². The van der Waals surface area contributed by atoms with E-state index in [0.29, 0.717) is 24.6 Å². The topological polar surface area (TPSA) is 66.5 Å². The number of amides is 1. The Morgan fingerprint density at radius 1 is 1.07 bits per heavy atom. The zero-order valence-electron chi connectivity index (χ0n) is 16.0. The second kappa shape index (κ2) is 7.82. The molecule has 1 heterocycles. The number of carbonyl (C=O) groups excluding carboxylic acids is 1. The second-order valence-electron chi connectivity index (χ2n) is 7.39. The molecule has 5 nitrogen and oxygen atoms in total. The van der Waals surface area contributed by atoms with E-state index in [0.717, 1.165) is 29.7 Å². The normalized spacial score (nSPS) is 18.3. The second-order valence-corrected chi connectivity index (χ2v) is 9.33. The van der Waals surface area contributed by atoms with Crippen molar-refractivity contribution in [2.24, 2.45) is 5.92 Å². The summed E-state index contributed by atoms with van der Waals surface area (Å²) < 4.78 is 27.1. The van der Waals surface area contributed by atoms with Crippen LogP contribution in [-0.4, -0.2) is 31.7 Å². The Morgan fingerprint density at radius 2 is 1.78 bits per heavy atom. The lowest BCUT2D eigenvalue weighted by Gasteiger charge is -2.30. The maximum absolute atomic E-state index is 12.8. The molecule has 1 N–H and O–H groups in total. The lowest BCUT2D eigenvalue weighted by Crippen LogP contribution is -2.39. The van der Waals surface area contributed by atoms with Crippen LogP contribution in [0, 0.1) is 19.8 Å². The van der Waals surface area contributed by atoms with Gasteiger partial charge in [0.1, 0.15) is 0 Å². The molecule has 0 spiro atoms. The van der Waals surface area contributed by atoms with Crippen molar-refractivity contribution < 1.29 is 13.2 Å². The predicted molar refractivity (Wildman–Crippen MR) is 107 cm³/mol. The van der Waals surface area contributed by atoms with Gasteiger partial charge in [0.15, 0.2) is 0 Å². The van der Waals surface area contributed by atoms with E-state index in [1.807, 2.05) is 32.0 Å². The lowest BCUT2D eigenvalue weighted by molar-refractivity contribution is 0.102. The first-order chi connectivity index (χ1) is 12.8. The summed E-state index contributed by atoms with van der Waals surface area (Å²) in [5, 5.41) is 2.85. The van der Waals surface area contributed by atoms with Crippen LogP contribution < -0.4 is 5.32 Å². The summed E-state index contributed by atoms with van der Waals surface area (Å²) in [5.41, 5.74) is 3.42. The Labute approximate surface area is 161 Å². The minimum absolute atomic E-state index is 0.235. The van der Waals surface area contributed by atoms with Crippen molar-refractivity contribution in [3.8, 4) is 0 Å². The molecule has 6 heteroatoms. The average molecular weight is 387 g/mol. The van der Waals surface area contributed by atoms with Gasteiger partial charge in [0, 0.05) is 24.3 Å². The summed E-state index contributed by atoms with van der Waals surface area (Å²) in [4.78, 5) is 12.7. The Balaban J connectivity index is 1.74. The van der Waals surface area contributed by atoms with E-state index in [4.69, 9.17) is 0 Å². The molecule has 144 valence electrons. The van der Waals surface area contributed by atoms with Gasteiger partial charge in [-0.3, -0.25) is 4.79 Å². The minimum Gasteiger partial charge on any atom is -0.322 e. The number of rotatable bonds is 4. The van der Waals surface area contributed by atoms with Gasteiger partial charge in [-0.05, 0) is 80.1 Å². The van der Waals surface area contributed by atoms with Gasteiger partial charge in [-0.1, -0.05) is 13.0 Å². The molecule has 1 aliphatic rings. The van der Waals surface area contributed by atoms with E-state index >= 15 is 0 Å². The number of nitrogens with zero attached hydrogens (tertiary/aromatic N) is 1. The van der Waals surface area contributed by atoms with Gasteiger partial charge < -0.3 is 5.32 Å². The van der Waals surface area contributed by atoms with Crippen molar-refractivity contribution in [2.45, 2.75) is 38.5 Å². The molecule has 0 saturated carbocycles. The summed E-state index contributed by atoms with van der Waals surface area (Å²) >= 11 is 0. The van der Waals surface area contributed by atoms with Crippen molar-refractivity contribution in [3.05, 3.63) is 59.2 Å². The number of hydrogen-bond acceptors (Lipinski definition) is 3. The number of carbonyl (C=O) groups is 1. The number of anilines is 1. The van der Waals surface area contributed by atoms with E-state index < -0.39 is 10.0 Å². The van der Waals surface area contributed by atoms with E-state index in [2.05, 4.69) is 12.2 Å². The number of sulfonamides is 1. The van der Waals surface area contributed by atoms with Crippen molar-refractivity contribution in [1.29, 1.82) is 0 Å². The quantitative estimate of drug-likeness (QED) is 0.864. The van der Waals surface area contributed by atoms with Gasteiger partial charge in [-0.25, -0.2) is 8.42 Å². The Hall–Kier alpha value is -2.18. The van der Waals surface area contributed by atoms with E-state index in [-0.39, 0.29) is 10.8 Å². The molecule has 0 radical (unpaired) electrons. The van der Waals surface area contributed by atoms with E-state index in [9.17, 15) is 13.2 Å². The largest absolute Gasteiger partial charge is 0.322 e. The predicted octanol–water partition coefficient (Wildman–Crippen LogP) is 3.98. The summed E-state index contributed by atoms with van der Waals surface area (Å²) in [6, 6.07) is 11.9. The van der Waals surface area contributed by atoms with Gasteiger partial charge in [0.2, 0.25) is 10.0 Å². The maximum atomic E-state index is 12.8. The highest BCUT2D eigenvalue weighted by atomic mass is 32.2. The summed E-state index contributed by atoms with van der Waals surface area (Å²) in [6.45, 7) is 7.19. The zero-order chi connectivity index (χ0) is 19.6. The smallest absolute Gasteiger partial charge is 0.255 e. The molecule has 1 saturated heterocycles. The van der Waals surface area contributed by atoms with Gasteiger partial charge in [0.25, 0.3) is 5.91 Å². The molecule has 2 aromatic carbocycles. The first-order valence-corrected chi connectivity index (χ1v) is 10.7. The van der Waals surface area contributed by atoms with Crippen molar-refractivity contribution in [3.63, 3.8) is 0 Å². The summed E-state index contributed by atoms with van der Waals surface area (Å²) in [7, 11) is -3.51. The number of benzene rings is 2. The molecule has 27 heavy (non-hydrogen) atoms. The van der Waals surface area contributed by atoms with Crippen LogP contribution in [0.2, 0.25) is 0 Å². The standard InChI is InChI=1S/C21H26N2O3S/c1-15-5-4-12-23(14-15)27(25,26)20-10-7-18(8-11-20)21(24)22-19-9-6-16(2)17(3)13-19/h6-11,13,15H,4-5,12,14H2,1-3H3,(H,22,24). The SMILES string of the molecule is Cc1ccc(NC(=O)c2ccc(S(=O)(=O)N3CCCC(C)C3)cc2)cc1C. The molecule has 0 bridgehead atoms. The molecular weight excluding hydrogens is 360 g/mol. The third-order valence-corrected chi connectivity index (χ3v) is 7.02. The van der Waals surface area contributed by atoms with Crippen LogP contribution in [0.1, 0.15) is 41.3 Å². The highest BCUT2D eigenvalue weighted by Gasteiger charge is 2.28. The zero-order valence-corrected chi connectivity index (χ0v) is 16.8. The van der Waals surface area contributed by atoms with Crippen LogP contribution in [0.15, 0.2) is 47.4 Å². The number of hydrogen-bond donors (Lipinski definition) is 1. The van der Waals surface area contributed by atoms with Crippen molar-refractivity contribution in [2.75, 3.05) is 18.4 Å². The average Bonchev–Trinajstić information content (AvgIpc) is 2.65. The molecule has 1 amide bonds. The molecule has 3 rings (SSSR count). The number of piperidine rings is 1. The van der Waals surface area contributed by atoms with Gasteiger partial charge in [-0.2, -0.15) is 4.31 Å². The molecule has 1 fully saturated rings. The fourth-order valence-electron chi connectivity index (χ4n) is 3.31. The van der Waals surface area contributed by atoms with Crippen LogP contribution in [0.5, 0.6) is 0 Å². The molecule has 0 aliphatic carbocycles. The van der Waals surface area contributed by atoms with Crippen molar-refractivity contribution in [1.82, 2.24) is 4.31 Å². The van der Waals surface area contributed by atoms with Gasteiger partial charge in [0.05, 0.1) is 4.90 Å². The van der Waals surface area contributed by atoms with Crippen LogP contribution in [0.25, 0.3) is 0 Å². The van der Waals surface area contributed by atoms with Crippen LogP contribution in [0.4, 0.5) is 5.69 Å². The Bertz CT molecular complexity index is 936. The summed E-state index contributed by atoms with van der Waals surface area (Å²) in [5.74, 6) is 0.116. The highest BCUT2D eigenvalue weighted by molar-refractivity contribution is 7.89. The molecule has 0 aromatic heterocycles. The molecule has 2 aromatic rings. The van der Waals surface area contributed by atoms with Crippen LogP contribution in [-0.2, 0) is 10.0 Å². The third kappa shape index (κ3) is 4.39. The molecule has 1 unspecified atom stereocenters. The minimum atomic E-state index is -3.51. The maximum Gasteiger partial charge on any atom is 0.255 e. The van der Waals surface area contributed by atoms with Crippen LogP contribution >= 0.6 is 0 Å². The Kier molecular flexibility index (Phi) is 5.67. The first-order valence-electron chi connectivity index (χ1n) is 9.26. The fourth-order valence-corrected chi connectivity index (χ4v) is 4.91. The molecular formula is C21H26N2O3S. The third-order valence-electron chi connectivity index (χ3n) is 5.14. The number of nitrogens with one attached hydrogen (secondary N) is 1. The van der Waals surface area contributed by atoms with E-state index in [1.165, 1.54) is 12.1 Å². The lowest BCUT2D eigenvalue weighted by atomic mass is 10.0. The highest BCUT2D eigenvalue weighted by Crippen LogP contribution is 2.24. The first kappa shape index (κ1) is 19.6. The molecule has 1 atom stereocenters. The van der Waals surface area contributed by atoms with Crippen LogP contribution in [0.3, 0.4) is 0 Å². The summed E-state index contributed by atoms with van der Waals surface area (Å²) in [6.07, 6.45) is 1.94. The Morgan fingerprint density at radius 3 is 2.41 bits per heavy atom. The fraction of sp³-hybridized carbons (Fsp3) is 0.381. The molecule has 1 aliphatic heterocycles. The number of aryl methyl sites for hydroxylation is 2. The monoisotopic (exact) mass is 386 g/mol. The van der Waals surface area contributed by atoms with E-state index in [1.54, 1.807) is 16.4 Å².